The molecule has 0 aliphatic heterocycles. The number of carbonyl (C=O) groups excluding carboxylic acids is 2. The normalized spacial score (nSPS) is 11.0. The van der Waals surface area contributed by atoms with Crippen LogP contribution in [-0.2, 0) is 9.59 Å². The number of hydrogen-bond donors (Lipinski definition) is 2. The molecule has 2 N–H and O–H groups in total. The van der Waals surface area contributed by atoms with E-state index in [1.807, 2.05) is 0 Å². The zero-order valence-corrected chi connectivity index (χ0v) is 15.0. The van der Waals surface area contributed by atoms with Crippen LogP contribution in [0, 0.1) is 10.1 Å². The first kappa shape index (κ1) is 19.4. The standard InChI is InChI=1S/C17H13Cl2N3O4/c1-10(23)20-15(9-11-4-2-5-12(8-11)22(25)26)17(24)21-14-7-3-6-13(18)16(14)19/h2-9H,1H3,(H,20,23)(H,21,24)/b15-9-. The predicted molar refractivity (Wildman–Crippen MR) is 100.0 cm³/mol. The molecule has 0 saturated heterocycles. The van der Waals surface area contributed by atoms with Gasteiger partial charge in [-0.05, 0) is 23.8 Å². The van der Waals surface area contributed by atoms with E-state index < -0.39 is 16.7 Å². The van der Waals surface area contributed by atoms with Crippen molar-refractivity contribution in [2.45, 2.75) is 6.92 Å². The molecular formula is C17H13Cl2N3O4. The number of anilines is 1. The second-order valence-corrected chi connectivity index (χ2v) is 5.93. The quantitative estimate of drug-likeness (QED) is 0.454. The van der Waals surface area contributed by atoms with Crippen molar-refractivity contribution in [3.8, 4) is 0 Å². The van der Waals surface area contributed by atoms with E-state index in [0.717, 1.165) is 0 Å². The summed E-state index contributed by atoms with van der Waals surface area (Å²) in [7, 11) is 0. The van der Waals surface area contributed by atoms with Gasteiger partial charge in [0.2, 0.25) is 5.91 Å². The molecule has 0 atom stereocenters. The molecule has 2 amide bonds. The molecular weight excluding hydrogens is 381 g/mol. The molecule has 0 radical (unpaired) electrons. The Bertz CT molecular complexity index is 913. The fraction of sp³-hybridized carbons (Fsp3) is 0.0588. The van der Waals surface area contributed by atoms with Crippen molar-refractivity contribution in [2.24, 2.45) is 0 Å². The maximum absolute atomic E-state index is 12.5. The van der Waals surface area contributed by atoms with Gasteiger partial charge in [-0.1, -0.05) is 41.4 Å². The molecule has 2 aromatic rings. The highest BCUT2D eigenvalue weighted by molar-refractivity contribution is 6.44. The molecule has 7 nitrogen and oxygen atoms in total. The highest BCUT2D eigenvalue weighted by Gasteiger charge is 2.15. The van der Waals surface area contributed by atoms with E-state index in [1.54, 1.807) is 24.3 Å². The fourth-order valence-corrected chi connectivity index (χ4v) is 2.38. The zero-order valence-electron chi connectivity index (χ0n) is 13.5. The molecule has 0 spiro atoms. The van der Waals surface area contributed by atoms with Crippen LogP contribution in [-0.4, -0.2) is 16.7 Å². The lowest BCUT2D eigenvalue weighted by molar-refractivity contribution is -0.384. The van der Waals surface area contributed by atoms with Crippen LogP contribution in [0.2, 0.25) is 10.0 Å². The van der Waals surface area contributed by atoms with Crippen LogP contribution >= 0.6 is 23.2 Å². The molecule has 134 valence electrons. The Kier molecular flexibility index (Phi) is 6.32. The second kappa shape index (κ2) is 8.46. The van der Waals surface area contributed by atoms with Crippen molar-refractivity contribution in [3.05, 3.63) is 73.9 Å². The Morgan fingerprint density at radius 3 is 2.50 bits per heavy atom. The molecule has 0 saturated carbocycles. The largest absolute Gasteiger partial charge is 0.322 e. The van der Waals surface area contributed by atoms with E-state index in [4.69, 9.17) is 23.2 Å². The Morgan fingerprint density at radius 2 is 1.85 bits per heavy atom. The molecule has 2 aromatic carbocycles. The van der Waals surface area contributed by atoms with Crippen LogP contribution in [0.15, 0.2) is 48.2 Å². The van der Waals surface area contributed by atoms with Crippen LogP contribution in [0.3, 0.4) is 0 Å². The number of non-ortho nitro benzene ring substituents is 1. The number of carbonyl (C=O) groups is 2. The number of hydrogen-bond acceptors (Lipinski definition) is 4. The minimum atomic E-state index is -0.657. The molecule has 26 heavy (non-hydrogen) atoms. The minimum Gasteiger partial charge on any atom is -0.322 e. The zero-order chi connectivity index (χ0) is 19.3. The van der Waals surface area contributed by atoms with Gasteiger partial charge in [0, 0.05) is 19.1 Å². The molecule has 0 unspecified atom stereocenters. The molecule has 0 aliphatic carbocycles. The highest BCUT2D eigenvalue weighted by atomic mass is 35.5. The number of nitro groups is 1. The van der Waals surface area contributed by atoms with E-state index in [0.29, 0.717) is 5.56 Å². The summed E-state index contributed by atoms with van der Waals surface area (Å²) in [5.41, 5.74) is 0.392. The number of amides is 2. The third-order valence-electron chi connectivity index (χ3n) is 3.15. The monoisotopic (exact) mass is 393 g/mol. The van der Waals surface area contributed by atoms with E-state index in [2.05, 4.69) is 10.6 Å². The Morgan fingerprint density at radius 1 is 1.15 bits per heavy atom. The average molecular weight is 394 g/mol. The van der Waals surface area contributed by atoms with Crippen LogP contribution in [0.4, 0.5) is 11.4 Å². The number of benzene rings is 2. The topological polar surface area (TPSA) is 101 Å². The first-order valence-corrected chi connectivity index (χ1v) is 8.02. The molecule has 2 rings (SSSR count). The third kappa shape index (κ3) is 5.05. The van der Waals surface area contributed by atoms with Crippen molar-refractivity contribution >= 4 is 52.5 Å². The van der Waals surface area contributed by atoms with Gasteiger partial charge in [-0.15, -0.1) is 0 Å². The first-order chi connectivity index (χ1) is 12.3. The summed E-state index contributed by atoms with van der Waals surface area (Å²) >= 11 is 11.9. The summed E-state index contributed by atoms with van der Waals surface area (Å²) in [4.78, 5) is 34.2. The van der Waals surface area contributed by atoms with Gasteiger partial charge in [0.25, 0.3) is 11.6 Å². The summed E-state index contributed by atoms with van der Waals surface area (Å²) in [5, 5.41) is 16.2. The maximum Gasteiger partial charge on any atom is 0.272 e. The third-order valence-corrected chi connectivity index (χ3v) is 3.97. The van der Waals surface area contributed by atoms with Crippen LogP contribution < -0.4 is 10.6 Å². The van der Waals surface area contributed by atoms with Gasteiger partial charge in [0.05, 0.1) is 20.7 Å². The SMILES string of the molecule is CC(=O)N/C(=C\c1cccc([N+](=O)[O-])c1)C(=O)Nc1cccc(Cl)c1Cl. The van der Waals surface area contributed by atoms with Crippen molar-refractivity contribution in [1.82, 2.24) is 5.32 Å². The number of nitrogens with one attached hydrogen (secondary N) is 2. The van der Waals surface area contributed by atoms with Crippen LogP contribution in [0.25, 0.3) is 6.08 Å². The summed E-state index contributed by atoms with van der Waals surface area (Å²) < 4.78 is 0. The predicted octanol–water partition coefficient (Wildman–Crippen LogP) is 4.02. The lowest BCUT2D eigenvalue weighted by atomic mass is 10.1. The molecule has 0 aromatic heterocycles. The second-order valence-electron chi connectivity index (χ2n) is 5.15. The maximum atomic E-state index is 12.5. The van der Waals surface area contributed by atoms with Gasteiger partial charge >= 0.3 is 0 Å². The number of halogens is 2. The van der Waals surface area contributed by atoms with Gasteiger partial charge < -0.3 is 10.6 Å². The molecule has 0 bridgehead atoms. The first-order valence-electron chi connectivity index (χ1n) is 7.27. The lowest BCUT2D eigenvalue weighted by Gasteiger charge is -2.11. The molecule has 0 heterocycles. The summed E-state index contributed by atoms with van der Waals surface area (Å²) in [6, 6.07) is 10.3. The van der Waals surface area contributed by atoms with E-state index >= 15 is 0 Å². The van der Waals surface area contributed by atoms with E-state index in [1.165, 1.54) is 31.2 Å². The summed E-state index contributed by atoms with van der Waals surface area (Å²) in [6.45, 7) is 1.24. The number of nitro benzene ring substituents is 1. The van der Waals surface area contributed by atoms with Gasteiger partial charge in [-0.3, -0.25) is 19.7 Å². The van der Waals surface area contributed by atoms with Gasteiger partial charge in [-0.2, -0.15) is 0 Å². The van der Waals surface area contributed by atoms with Gasteiger partial charge in [-0.25, -0.2) is 0 Å². The highest BCUT2D eigenvalue weighted by Crippen LogP contribution is 2.29. The smallest absolute Gasteiger partial charge is 0.272 e. The summed E-state index contributed by atoms with van der Waals surface area (Å²) in [6.07, 6.45) is 1.32. The Labute approximate surface area is 158 Å². The summed E-state index contributed by atoms with van der Waals surface area (Å²) in [5.74, 6) is -1.13. The molecule has 0 fully saturated rings. The molecule has 9 heteroatoms. The van der Waals surface area contributed by atoms with Crippen molar-refractivity contribution in [1.29, 1.82) is 0 Å². The lowest BCUT2D eigenvalue weighted by Crippen LogP contribution is -2.29. The number of nitrogens with zero attached hydrogens (tertiary/aromatic N) is 1. The van der Waals surface area contributed by atoms with Gasteiger partial charge in [0.1, 0.15) is 5.70 Å². The van der Waals surface area contributed by atoms with Crippen molar-refractivity contribution < 1.29 is 14.5 Å². The number of rotatable bonds is 5. The average Bonchev–Trinajstić information content (AvgIpc) is 2.58. The Balaban J connectivity index is 2.35. The van der Waals surface area contributed by atoms with E-state index in [-0.39, 0.29) is 27.1 Å². The minimum absolute atomic E-state index is 0.103. The fourth-order valence-electron chi connectivity index (χ4n) is 2.03. The molecule has 0 aliphatic rings. The van der Waals surface area contributed by atoms with Crippen molar-refractivity contribution in [2.75, 3.05) is 5.32 Å². The van der Waals surface area contributed by atoms with Crippen LogP contribution in [0.1, 0.15) is 12.5 Å². The van der Waals surface area contributed by atoms with Crippen molar-refractivity contribution in [3.63, 3.8) is 0 Å². The van der Waals surface area contributed by atoms with E-state index in [9.17, 15) is 19.7 Å². The van der Waals surface area contributed by atoms with Gasteiger partial charge in [0.15, 0.2) is 0 Å². The van der Waals surface area contributed by atoms with Crippen LogP contribution in [0.5, 0.6) is 0 Å². The Hall–Kier alpha value is -2.90.